The van der Waals surface area contributed by atoms with Crippen LogP contribution in [-0.4, -0.2) is 24.5 Å². The molecule has 0 saturated carbocycles. The summed E-state index contributed by atoms with van der Waals surface area (Å²) in [4.78, 5) is 25.5. The second-order valence-electron chi connectivity index (χ2n) is 6.46. The summed E-state index contributed by atoms with van der Waals surface area (Å²) in [6.45, 7) is 6.01. The molecule has 0 bridgehead atoms. The van der Waals surface area contributed by atoms with E-state index in [0.717, 1.165) is 28.1 Å². The first kappa shape index (κ1) is 17.2. The van der Waals surface area contributed by atoms with Crippen LogP contribution < -0.4 is 10.2 Å². The Morgan fingerprint density at radius 3 is 2.60 bits per heavy atom. The van der Waals surface area contributed by atoms with Gasteiger partial charge in [0, 0.05) is 24.2 Å². The van der Waals surface area contributed by atoms with E-state index in [9.17, 15) is 9.59 Å². The largest absolute Gasteiger partial charge is 0.367 e. The first-order valence-corrected chi connectivity index (χ1v) is 8.36. The number of hydrogen-bond acceptors (Lipinski definition) is 3. The summed E-state index contributed by atoms with van der Waals surface area (Å²) in [6.07, 6.45) is 0. The van der Waals surface area contributed by atoms with Gasteiger partial charge < -0.3 is 15.0 Å². The second kappa shape index (κ2) is 7.07. The van der Waals surface area contributed by atoms with Crippen LogP contribution in [0.25, 0.3) is 11.1 Å². The molecule has 0 fully saturated rings. The van der Waals surface area contributed by atoms with Gasteiger partial charge in [-0.3, -0.25) is 9.59 Å². The molecule has 0 aliphatic carbocycles. The van der Waals surface area contributed by atoms with Crippen molar-refractivity contribution in [3.63, 3.8) is 0 Å². The molecule has 1 N–H and O–H groups in total. The number of ether oxygens (including phenoxy) is 1. The number of amides is 2. The van der Waals surface area contributed by atoms with Crippen LogP contribution >= 0.6 is 0 Å². The summed E-state index contributed by atoms with van der Waals surface area (Å²) >= 11 is 0. The number of benzene rings is 2. The van der Waals surface area contributed by atoms with Crippen molar-refractivity contribution in [1.82, 2.24) is 0 Å². The number of anilines is 2. The molecule has 0 saturated heterocycles. The van der Waals surface area contributed by atoms with Crippen molar-refractivity contribution in [3.05, 3.63) is 48.0 Å². The predicted octanol–water partition coefficient (Wildman–Crippen LogP) is 3.58. The van der Waals surface area contributed by atoms with Crippen LogP contribution in [0.4, 0.5) is 11.4 Å². The summed E-state index contributed by atoms with van der Waals surface area (Å²) in [5.74, 6) is -0.134. The minimum Gasteiger partial charge on any atom is -0.367 e. The highest BCUT2D eigenvalue weighted by molar-refractivity contribution is 5.97. The third-order valence-electron chi connectivity index (χ3n) is 4.13. The fourth-order valence-corrected chi connectivity index (χ4v) is 3.09. The fourth-order valence-electron chi connectivity index (χ4n) is 3.09. The maximum absolute atomic E-state index is 12.4. The molecule has 0 atom stereocenters. The smallest absolute Gasteiger partial charge is 0.253 e. The SMILES string of the molecule is CC(=O)Nc1cccc(-c2ccc3c(c2)N(C(C)C)C(=O)COC3)c1. The number of carbonyl (C=O) groups excluding carboxylic acids is 2. The Morgan fingerprint density at radius 2 is 1.88 bits per heavy atom. The van der Waals surface area contributed by atoms with E-state index < -0.39 is 0 Å². The van der Waals surface area contributed by atoms with Crippen LogP contribution in [0.5, 0.6) is 0 Å². The highest BCUT2D eigenvalue weighted by Gasteiger charge is 2.25. The fraction of sp³-hybridized carbons (Fsp3) is 0.300. The van der Waals surface area contributed by atoms with Crippen molar-refractivity contribution in [3.8, 4) is 11.1 Å². The molecule has 0 aromatic heterocycles. The molecule has 0 spiro atoms. The lowest BCUT2D eigenvalue weighted by atomic mass is 10.0. The van der Waals surface area contributed by atoms with Crippen molar-refractivity contribution in [1.29, 1.82) is 0 Å². The van der Waals surface area contributed by atoms with Crippen LogP contribution in [0.15, 0.2) is 42.5 Å². The second-order valence-corrected chi connectivity index (χ2v) is 6.46. The maximum atomic E-state index is 12.4. The lowest BCUT2D eigenvalue weighted by Crippen LogP contribution is -2.38. The number of carbonyl (C=O) groups is 2. The highest BCUT2D eigenvalue weighted by atomic mass is 16.5. The van der Waals surface area contributed by atoms with Gasteiger partial charge in [-0.1, -0.05) is 24.3 Å². The molecule has 2 aromatic carbocycles. The first-order chi connectivity index (χ1) is 12.0. The van der Waals surface area contributed by atoms with Gasteiger partial charge >= 0.3 is 0 Å². The van der Waals surface area contributed by atoms with Gasteiger partial charge in [0.25, 0.3) is 5.91 Å². The third-order valence-corrected chi connectivity index (χ3v) is 4.13. The molecule has 2 aromatic rings. The van der Waals surface area contributed by atoms with Crippen LogP contribution in [0.1, 0.15) is 26.3 Å². The Kier molecular flexibility index (Phi) is 4.86. The van der Waals surface area contributed by atoms with E-state index in [-0.39, 0.29) is 24.5 Å². The molecule has 1 heterocycles. The first-order valence-electron chi connectivity index (χ1n) is 8.36. The van der Waals surface area contributed by atoms with Crippen LogP contribution in [0.2, 0.25) is 0 Å². The predicted molar refractivity (Wildman–Crippen MR) is 98.5 cm³/mol. The van der Waals surface area contributed by atoms with Crippen molar-refractivity contribution in [2.45, 2.75) is 33.4 Å². The van der Waals surface area contributed by atoms with E-state index in [2.05, 4.69) is 5.32 Å². The summed E-state index contributed by atoms with van der Waals surface area (Å²) in [5.41, 5.74) is 4.61. The zero-order valence-electron chi connectivity index (χ0n) is 14.7. The van der Waals surface area contributed by atoms with Gasteiger partial charge in [-0.05, 0) is 43.2 Å². The molecule has 2 amide bonds. The number of nitrogens with one attached hydrogen (secondary N) is 1. The summed E-state index contributed by atoms with van der Waals surface area (Å²) in [5, 5.41) is 2.80. The molecular weight excluding hydrogens is 316 g/mol. The number of hydrogen-bond donors (Lipinski definition) is 1. The van der Waals surface area contributed by atoms with Gasteiger partial charge in [0.15, 0.2) is 0 Å². The van der Waals surface area contributed by atoms with Crippen LogP contribution in [0, 0.1) is 0 Å². The highest BCUT2D eigenvalue weighted by Crippen LogP contribution is 2.32. The lowest BCUT2D eigenvalue weighted by molar-refractivity contribution is -0.123. The normalized spacial score (nSPS) is 14.2. The Balaban J connectivity index is 2.04. The Morgan fingerprint density at radius 1 is 1.12 bits per heavy atom. The Bertz CT molecular complexity index is 814. The topological polar surface area (TPSA) is 58.6 Å². The van der Waals surface area contributed by atoms with Crippen molar-refractivity contribution >= 4 is 23.2 Å². The standard InChI is InChI=1S/C20H22N2O3/c1-13(2)22-19-10-16(7-8-17(19)11-25-12-20(22)24)15-5-4-6-18(9-15)21-14(3)23/h4-10,13H,11-12H2,1-3H3,(H,21,23). The lowest BCUT2D eigenvalue weighted by Gasteiger charge is -2.27. The average Bonchev–Trinajstić information content (AvgIpc) is 2.71. The van der Waals surface area contributed by atoms with Gasteiger partial charge in [0.2, 0.25) is 5.91 Å². The zero-order chi connectivity index (χ0) is 18.0. The summed E-state index contributed by atoms with van der Waals surface area (Å²) in [6, 6.07) is 13.8. The van der Waals surface area contributed by atoms with Crippen LogP contribution in [0.3, 0.4) is 0 Å². The van der Waals surface area contributed by atoms with Gasteiger partial charge in [-0.25, -0.2) is 0 Å². The van der Waals surface area contributed by atoms with E-state index >= 15 is 0 Å². The van der Waals surface area contributed by atoms with Gasteiger partial charge in [-0.15, -0.1) is 0 Å². The van der Waals surface area contributed by atoms with E-state index in [1.54, 1.807) is 4.90 Å². The van der Waals surface area contributed by atoms with Crippen molar-refractivity contribution in [2.75, 3.05) is 16.8 Å². The third kappa shape index (κ3) is 3.72. The maximum Gasteiger partial charge on any atom is 0.253 e. The van der Waals surface area contributed by atoms with E-state index in [0.29, 0.717) is 6.61 Å². The quantitative estimate of drug-likeness (QED) is 0.930. The monoisotopic (exact) mass is 338 g/mol. The number of fused-ring (bicyclic) bond motifs is 1. The van der Waals surface area contributed by atoms with Crippen molar-refractivity contribution in [2.24, 2.45) is 0 Å². The molecule has 5 nitrogen and oxygen atoms in total. The molecule has 1 aliphatic heterocycles. The molecular formula is C20H22N2O3. The Hall–Kier alpha value is -2.66. The van der Waals surface area contributed by atoms with Crippen LogP contribution in [-0.2, 0) is 20.9 Å². The van der Waals surface area contributed by atoms with Gasteiger partial charge in [0.1, 0.15) is 6.61 Å². The zero-order valence-corrected chi connectivity index (χ0v) is 14.7. The minimum absolute atomic E-state index is 0.0297. The number of rotatable bonds is 3. The van der Waals surface area contributed by atoms with E-state index in [4.69, 9.17) is 4.74 Å². The molecule has 25 heavy (non-hydrogen) atoms. The van der Waals surface area contributed by atoms with Gasteiger partial charge in [-0.2, -0.15) is 0 Å². The molecule has 5 heteroatoms. The molecule has 1 aliphatic rings. The average molecular weight is 338 g/mol. The molecule has 3 rings (SSSR count). The molecule has 130 valence electrons. The minimum atomic E-state index is -0.104. The van der Waals surface area contributed by atoms with Gasteiger partial charge in [0.05, 0.1) is 12.3 Å². The Labute approximate surface area is 147 Å². The molecule has 0 radical (unpaired) electrons. The molecule has 0 unspecified atom stereocenters. The van der Waals surface area contributed by atoms with Crippen molar-refractivity contribution < 1.29 is 14.3 Å². The number of nitrogens with zero attached hydrogens (tertiary/aromatic N) is 1. The summed E-state index contributed by atoms with van der Waals surface area (Å²) in [7, 11) is 0. The van der Waals surface area contributed by atoms with E-state index in [1.807, 2.05) is 56.3 Å². The van der Waals surface area contributed by atoms with E-state index in [1.165, 1.54) is 6.92 Å². The summed E-state index contributed by atoms with van der Waals surface area (Å²) < 4.78 is 5.48.